The largest absolute Gasteiger partial charge is 0.494 e. The molecule has 1 saturated heterocycles. The van der Waals surface area contributed by atoms with Gasteiger partial charge in [0.05, 0.1) is 11.2 Å². The first-order valence-corrected chi connectivity index (χ1v) is 11.1. The normalized spacial score (nSPS) is 17.6. The molecule has 4 rings (SSSR count). The third-order valence-electron chi connectivity index (χ3n) is 6.61. The van der Waals surface area contributed by atoms with Crippen LogP contribution in [0.1, 0.15) is 43.6 Å². The van der Waals surface area contributed by atoms with Gasteiger partial charge in [-0.15, -0.1) is 0 Å². The van der Waals surface area contributed by atoms with E-state index in [2.05, 4.69) is 5.32 Å². The number of benzene rings is 3. The fourth-order valence-electron chi connectivity index (χ4n) is 3.82. The minimum Gasteiger partial charge on any atom is -0.399 e. The van der Waals surface area contributed by atoms with Crippen LogP contribution in [-0.4, -0.2) is 36.2 Å². The molecule has 0 aromatic heterocycles. The molecule has 1 aliphatic heterocycles. The average molecular weight is 444 g/mol. The molecule has 1 fully saturated rings. The quantitative estimate of drug-likeness (QED) is 0.572. The van der Waals surface area contributed by atoms with Crippen LogP contribution < -0.4 is 16.5 Å². The molecule has 0 spiro atoms. The predicted octanol–water partition coefficient (Wildman–Crippen LogP) is 2.97. The minimum absolute atomic E-state index is 0.290. The van der Waals surface area contributed by atoms with Crippen molar-refractivity contribution in [3.63, 3.8) is 0 Å². The Balaban J connectivity index is 1.44. The van der Waals surface area contributed by atoms with E-state index >= 15 is 0 Å². The van der Waals surface area contributed by atoms with Gasteiger partial charge in [0.25, 0.3) is 5.91 Å². The van der Waals surface area contributed by atoms with E-state index in [0.29, 0.717) is 5.56 Å². The van der Waals surface area contributed by atoms with E-state index < -0.39 is 30.3 Å². The van der Waals surface area contributed by atoms with E-state index in [-0.39, 0.29) is 12.3 Å². The van der Waals surface area contributed by atoms with Crippen molar-refractivity contribution in [3.8, 4) is 0 Å². The zero-order chi connectivity index (χ0) is 23.8. The van der Waals surface area contributed by atoms with E-state index in [0.717, 1.165) is 21.8 Å². The van der Waals surface area contributed by atoms with Crippen LogP contribution in [0.15, 0.2) is 66.7 Å². The highest BCUT2D eigenvalue weighted by molar-refractivity contribution is 6.62. The van der Waals surface area contributed by atoms with Gasteiger partial charge in [0.1, 0.15) is 6.04 Å². The zero-order valence-electron chi connectivity index (χ0n) is 19.4. The summed E-state index contributed by atoms with van der Waals surface area (Å²) in [5, 5.41) is 4.78. The molecule has 1 heterocycles. The van der Waals surface area contributed by atoms with Gasteiger partial charge in [-0.3, -0.25) is 9.59 Å². The minimum atomic E-state index is -0.827. The first-order valence-electron chi connectivity index (χ1n) is 11.1. The lowest BCUT2D eigenvalue weighted by Crippen LogP contribution is -2.45. The van der Waals surface area contributed by atoms with Crippen LogP contribution in [-0.2, 0) is 20.5 Å². The van der Waals surface area contributed by atoms with Gasteiger partial charge in [-0.25, -0.2) is 0 Å². The second-order valence-corrected chi connectivity index (χ2v) is 9.52. The summed E-state index contributed by atoms with van der Waals surface area (Å²) in [5.74, 6) is -0.919. The SMILES string of the molecule is CC1(C)OB(c2ccc(C[C@H](NC(=O)c3ccc4ccccc4c3)C(N)=O)cc2)OC1(C)C. The molecular weight excluding hydrogens is 415 g/mol. The van der Waals surface area contributed by atoms with Crippen LogP contribution in [0, 0.1) is 0 Å². The number of nitrogens with two attached hydrogens (primary N) is 1. The van der Waals surface area contributed by atoms with E-state index in [1.54, 1.807) is 6.07 Å². The third kappa shape index (κ3) is 4.79. The lowest BCUT2D eigenvalue weighted by atomic mass is 9.78. The van der Waals surface area contributed by atoms with Crippen LogP contribution in [0.4, 0.5) is 0 Å². The number of amides is 2. The molecule has 3 aromatic carbocycles. The molecular formula is C26H29BN2O4. The third-order valence-corrected chi connectivity index (χ3v) is 6.61. The van der Waals surface area contributed by atoms with Crippen molar-refractivity contribution in [1.29, 1.82) is 0 Å². The van der Waals surface area contributed by atoms with Crippen molar-refractivity contribution in [2.45, 2.75) is 51.4 Å². The first kappa shape index (κ1) is 23.0. The average Bonchev–Trinajstić information content (AvgIpc) is 3.00. The molecule has 0 bridgehead atoms. The maximum Gasteiger partial charge on any atom is 0.494 e. The molecule has 3 aromatic rings. The van der Waals surface area contributed by atoms with Gasteiger partial charge >= 0.3 is 7.12 Å². The number of rotatable bonds is 6. The van der Waals surface area contributed by atoms with Gasteiger partial charge in [-0.2, -0.15) is 0 Å². The fourth-order valence-corrected chi connectivity index (χ4v) is 3.82. The molecule has 0 unspecified atom stereocenters. The molecule has 0 aliphatic carbocycles. The Morgan fingerprint density at radius 2 is 1.52 bits per heavy atom. The Hall–Kier alpha value is -3.16. The molecule has 6 nitrogen and oxygen atoms in total. The molecule has 33 heavy (non-hydrogen) atoms. The van der Waals surface area contributed by atoms with Gasteiger partial charge in [0, 0.05) is 12.0 Å². The summed E-state index contributed by atoms with van der Waals surface area (Å²) in [6.07, 6.45) is 0.290. The van der Waals surface area contributed by atoms with Gasteiger partial charge in [0.2, 0.25) is 5.91 Å². The summed E-state index contributed by atoms with van der Waals surface area (Å²) in [6.45, 7) is 8.04. The Morgan fingerprint density at radius 1 is 0.909 bits per heavy atom. The van der Waals surface area contributed by atoms with Crippen molar-refractivity contribution < 1.29 is 18.9 Å². The molecule has 0 saturated carbocycles. The standard InChI is InChI=1S/C26H29BN2O4/c1-25(2)26(3,4)33-27(32-25)21-13-9-17(10-14-21)15-22(23(28)30)29-24(31)20-12-11-18-7-5-6-8-19(18)16-20/h5-14,16,22H,15H2,1-4H3,(H2,28,30)(H,29,31)/t22-/m0/s1. The second kappa shape index (κ2) is 8.65. The van der Waals surface area contributed by atoms with Crippen molar-refractivity contribution >= 4 is 35.2 Å². The highest BCUT2D eigenvalue weighted by Crippen LogP contribution is 2.36. The molecule has 170 valence electrons. The van der Waals surface area contributed by atoms with Crippen molar-refractivity contribution in [1.82, 2.24) is 5.32 Å². The lowest BCUT2D eigenvalue weighted by molar-refractivity contribution is -0.119. The highest BCUT2D eigenvalue weighted by Gasteiger charge is 2.51. The summed E-state index contributed by atoms with van der Waals surface area (Å²) in [5.41, 5.74) is 7.02. The highest BCUT2D eigenvalue weighted by atomic mass is 16.7. The summed E-state index contributed by atoms with van der Waals surface area (Å²) in [4.78, 5) is 24.9. The Kier molecular flexibility index (Phi) is 6.03. The van der Waals surface area contributed by atoms with Crippen LogP contribution in [0.3, 0.4) is 0 Å². The second-order valence-electron chi connectivity index (χ2n) is 9.52. The Bertz CT molecular complexity index is 1170. The summed E-state index contributed by atoms with van der Waals surface area (Å²) >= 11 is 0. The number of carbonyl (C=O) groups excluding carboxylic acids is 2. The number of fused-ring (bicyclic) bond motifs is 1. The Morgan fingerprint density at radius 3 is 2.12 bits per heavy atom. The molecule has 0 radical (unpaired) electrons. The first-order chi connectivity index (χ1) is 15.6. The van der Waals surface area contributed by atoms with Crippen LogP contribution in [0.2, 0.25) is 0 Å². The van der Waals surface area contributed by atoms with E-state index in [4.69, 9.17) is 15.0 Å². The van der Waals surface area contributed by atoms with Crippen molar-refractivity contribution in [3.05, 3.63) is 77.9 Å². The lowest BCUT2D eigenvalue weighted by Gasteiger charge is -2.32. The molecule has 7 heteroatoms. The molecule has 1 aliphatic rings. The Labute approximate surface area is 194 Å². The van der Waals surface area contributed by atoms with E-state index in [1.807, 2.05) is 88.4 Å². The van der Waals surface area contributed by atoms with E-state index in [9.17, 15) is 9.59 Å². The number of hydrogen-bond donors (Lipinski definition) is 2. The summed E-state index contributed by atoms with van der Waals surface area (Å²) in [6, 6.07) is 20.0. The molecule has 3 N–H and O–H groups in total. The number of primary amides is 1. The predicted molar refractivity (Wildman–Crippen MR) is 130 cm³/mol. The van der Waals surface area contributed by atoms with Gasteiger partial charge in [-0.1, -0.05) is 54.6 Å². The maximum absolute atomic E-state index is 12.8. The number of carbonyl (C=O) groups is 2. The van der Waals surface area contributed by atoms with Crippen LogP contribution >= 0.6 is 0 Å². The van der Waals surface area contributed by atoms with Crippen LogP contribution in [0.5, 0.6) is 0 Å². The van der Waals surface area contributed by atoms with Crippen molar-refractivity contribution in [2.75, 3.05) is 0 Å². The fraction of sp³-hybridized carbons (Fsp3) is 0.308. The van der Waals surface area contributed by atoms with Crippen LogP contribution in [0.25, 0.3) is 10.8 Å². The van der Waals surface area contributed by atoms with Gasteiger partial charge < -0.3 is 20.4 Å². The number of hydrogen-bond acceptors (Lipinski definition) is 4. The zero-order valence-corrected chi connectivity index (χ0v) is 19.4. The topological polar surface area (TPSA) is 90.6 Å². The maximum atomic E-state index is 12.8. The molecule has 1 atom stereocenters. The van der Waals surface area contributed by atoms with E-state index in [1.165, 1.54) is 0 Å². The number of nitrogens with one attached hydrogen (secondary N) is 1. The monoisotopic (exact) mass is 444 g/mol. The van der Waals surface area contributed by atoms with Gasteiger partial charge in [0.15, 0.2) is 0 Å². The summed E-state index contributed by atoms with van der Waals surface area (Å²) in [7, 11) is -0.455. The smallest absolute Gasteiger partial charge is 0.399 e. The summed E-state index contributed by atoms with van der Waals surface area (Å²) < 4.78 is 12.2. The molecule has 2 amide bonds. The van der Waals surface area contributed by atoms with Crippen molar-refractivity contribution in [2.24, 2.45) is 5.73 Å². The van der Waals surface area contributed by atoms with Gasteiger partial charge in [-0.05, 0) is 61.6 Å².